The molecule has 1 saturated heterocycles. The van der Waals surface area contributed by atoms with E-state index in [1.54, 1.807) is 0 Å². The smallest absolute Gasteiger partial charge is 0.238 e. The summed E-state index contributed by atoms with van der Waals surface area (Å²) in [6.07, 6.45) is 3.06. The number of hydrogen-bond acceptors (Lipinski definition) is 3. The Morgan fingerprint density at radius 2 is 1.89 bits per heavy atom. The van der Waals surface area contributed by atoms with Crippen LogP contribution in [-0.2, 0) is 11.2 Å². The van der Waals surface area contributed by atoms with Gasteiger partial charge in [0.25, 0.3) is 0 Å². The number of rotatable bonds is 5. The molecule has 0 radical (unpaired) electrons. The Balaban J connectivity index is 1.29. The number of amides is 1. The SMILES string of the molecule is CCc1ccc(NC(=O)CN2CCC(c3nc4ccccc4[nH]3)CC2)cc1. The highest BCUT2D eigenvalue weighted by molar-refractivity contribution is 5.92. The van der Waals surface area contributed by atoms with Gasteiger partial charge in [0.1, 0.15) is 5.82 Å². The fourth-order valence-corrected chi connectivity index (χ4v) is 3.76. The predicted octanol–water partition coefficient (Wildman–Crippen LogP) is 3.94. The van der Waals surface area contributed by atoms with Crippen LogP contribution in [0.1, 0.15) is 37.1 Å². The van der Waals surface area contributed by atoms with Gasteiger partial charge in [-0.05, 0) is 62.2 Å². The lowest BCUT2D eigenvalue weighted by Gasteiger charge is -2.30. The van der Waals surface area contributed by atoms with Crippen LogP contribution >= 0.6 is 0 Å². The first-order valence-corrected chi connectivity index (χ1v) is 9.77. The van der Waals surface area contributed by atoms with Gasteiger partial charge in [-0.2, -0.15) is 0 Å². The van der Waals surface area contributed by atoms with E-state index >= 15 is 0 Å². The van der Waals surface area contributed by atoms with Crippen LogP contribution in [0, 0.1) is 0 Å². The molecular weight excluding hydrogens is 336 g/mol. The number of aromatic amines is 1. The third-order valence-electron chi connectivity index (χ3n) is 5.40. The Labute approximate surface area is 159 Å². The number of aromatic nitrogens is 2. The van der Waals surface area contributed by atoms with Crippen LogP contribution < -0.4 is 5.32 Å². The van der Waals surface area contributed by atoms with Gasteiger partial charge in [-0.3, -0.25) is 9.69 Å². The van der Waals surface area contributed by atoms with Gasteiger partial charge in [0.2, 0.25) is 5.91 Å². The van der Waals surface area contributed by atoms with E-state index in [1.807, 2.05) is 30.3 Å². The average Bonchev–Trinajstić information content (AvgIpc) is 3.13. The summed E-state index contributed by atoms with van der Waals surface area (Å²) < 4.78 is 0. The number of carbonyl (C=O) groups is 1. The number of imidazole rings is 1. The monoisotopic (exact) mass is 362 g/mol. The Morgan fingerprint density at radius 1 is 1.15 bits per heavy atom. The second-order valence-electron chi connectivity index (χ2n) is 7.29. The molecule has 1 aromatic heterocycles. The Kier molecular flexibility index (Phi) is 5.21. The van der Waals surface area contributed by atoms with Crippen LogP contribution in [0.25, 0.3) is 11.0 Å². The predicted molar refractivity (Wildman–Crippen MR) is 109 cm³/mol. The van der Waals surface area contributed by atoms with Gasteiger partial charge in [0.15, 0.2) is 0 Å². The maximum absolute atomic E-state index is 12.3. The molecule has 2 aromatic carbocycles. The van der Waals surface area contributed by atoms with Gasteiger partial charge in [0.05, 0.1) is 17.6 Å². The zero-order valence-electron chi connectivity index (χ0n) is 15.7. The molecule has 5 heteroatoms. The summed E-state index contributed by atoms with van der Waals surface area (Å²) in [4.78, 5) is 22.8. The Hall–Kier alpha value is -2.66. The van der Waals surface area contributed by atoms with Crippen LogP contribution in [0.2, 0.25) is 0 Å². The molecule has 27 heavy (non-hydrogen) atoms. The zero-order chi connectivity index (χ0) is 18.6. The number of carbonyl (C=O) groups excluding carboxylic acids is 1. The molecule has 3 aromatic rings. The lowest BCUT2D eigenvalue weighted by molar-refractivity contribution is -0.117. The second-order valence-corrected chi connectivity index (χ2v) is 7.29. The van der Waals surface area contributed by atoms with Crippen molar-refractivity contribution < 1.29 is 4.79 Å². The van der Waals surface area contributed by atoms with Crippen molar-refractivity contribution in [1.29, 1.82) is 0 Å². The minimum absolute atomic E-state index is 0.0569. The number of piperidine rings is 1. The van der Waals surface area contributed by atoms with E-state index < -0.39 is 0 Å². The summed E-state index contributed by atoms with van der Waals surface area (Å²) in [5.74, 6) is 1.58. The third-order valence-corrected chi connectivity index (χ3v) is 5.40. The molecule has 4 rings (SSSR count). The number of aryl methyl sites for hydroxylation is 1. The van der Waals surface area contributed by atoms with E-state index in [2.05, 4.69) is 40.3 Å². The highest BCUT2D eigenvalue weighted by atomic mass is 16.2. The lowest BCUT2D eigenvalue weighted by Crippen LogP contribution is -2.38. The fourth-order valence-electron chi connectivity index (χ4n) is 3.76. The standard InChI is InChI=1S/C22H26N4O/c1-2-16-7-9-18(10-8-16)23-21(27)15-26-13-11-17(12-14-26)22-24-19-5-3-4-6-20(19)25-22/h3-10,17H,2,11-15H2,1H3,(H,23,27)(H,24,25). The second kappa shape index (κ2) is 7.92. The fraction of sp³-hybridized carbons (Fsp3) is 0.364. The summed E-state index contributed by atoms with van der Waals surface area (Å²) in [7, 11) is 0. The number of fused-ring (bicyclic) bond motifs is 1. The van der Waals surface area contributed by atoms with E-state index in [1.165, 1.54) is 5.56 Å². The molecule has 0 unspecified atom stereocenters. The van der Waals surface area contributed by atoms with Crippen LogP contribution in [-0.4, -0.2) is 40.4 Å². The molecule has 0 spiro atoms. The van der Waals surface area contributed by atoms with Gasteiger partial charge >= 0.3 is 0 Å². The molecule has 1 aliphatic rings. The van der Waals surface area contributed by atoms with Crippen molar-refractivity contribution in [3.63, 3.8) is 0 Å². The molecule has 2 N–H and O–H groups in total. The minimum Gasteiger partial charge on any atom is -0.342 e. The lowest BCUT2D eigenvalue weighted by atomic mass is 9.96. The summed E-state index contributed by atoms with van der Waals surface area (Å²) in [6, 6.07) is 16.2. The van der Waals surface area contributed by atoms with E-state index in [9.17, 15) is 4.79 Å². The van der Waals surface area contributed by atoms with Crippen LogP contribution in [0.5, 0.6) is 0 Å². The molecule has 0 saturated carbocycles. The van der Waals surface area contributed by atoms with Crippen molar-refractivity contribution in [1.82, 2.24) is 14.9 Å². The summed E-state index contributed by atoms with van der Waals surface area (Å²) in [6.45, 7) is 4.42. The molecule has 1 fully saturated rings. The number of para-hydroxylation sites is 2. The Bertz CT molecular complexity index is 874. The normalized spacial score (nSPS) is 15.9. The highest BCUT2D eigenvalue weighted by Gasteiger charge is 2.24. The molecule has 0 atom stereocenters. The van der Waals surface area contributed by atoms with Crippen molar-refractivity contribution in [2.24, 2.45) is 0 Å². The first-order chi connectivity index (χ1) is 13.2. The van der Waals surface area contributed by atoms with Crippen molar-refractivity contribution in [2.45, 2.75) is 32.1 Å². The summed E-state index contributed by atoms with van der Waals surface area (Å²) in [5.41, 5.74) is 4.28. The van der Waals surface area contributed by atoms with Crippen molar-refractivity contribution >= 4 is 22.6 Å². The van der Waals surface area contributed by atoms with Crippen molar-refractivity contribution in [3.8, 4) is 0 Å². The van der Waals surface area contributed by atoms with Gasteiger partial charge in [-0.15, -0.1) is 0 Å². The van der Waals surface area contributed by atoms with Crippen LogP contribution in [0.4, 0.5) is 5.69 Å². The van der Waals surface area contributed by atoms with Gasteiger partial charge in [0, 0.05) is 11.6 Å². The molecule has 1 aliphatic heterocycles. The maximum atomic E-state index is 12.3. The average molecular weight is 362 g/mol. The molecule has 5 nitrogen and oxygen atoms in total. The molecule has 0 aliphatic carbocycles. The third kappa shape index (κ3) is 4.19. The van der Waals surface area contributed by atoms with Gasteiger partial charge < -0.3 is 10.3 Å². The first-order valence-electron chi connectivity index (χ1n) is 9.77. The molecule has 1 amide bonds. The quantitative estimate of drug-likeness (QED) is 0.723. The first kappa shape index (κ1) is 17.7. The zero-order valence-corrected chi connectivity index (χ0v) is 15.7. The largest absolute Gasteiger partial charge is 0.342 e. The number of benzene rings is 2. The molecule has 2 heterocycles. The van der Waals surface area contributed by atoms with E-state index in [-0.39, 0.29) is 5.91 Å². The number of H-pyrrole nitrogens is 1. The topological polar surface area (TPSA) is 61.0 Å². The maximum Gasteiger partial charge on any atom is 0.238 e. The summed E-state index contributed by atoms with van der Waals surface area (Å²) >= 11 is 0. The number of likely N-dealkylation sites (tertiary alicyclic amines) is 1. The summed E-state index contributed by atoms with van der Waals surface area (Å²) in [5, 5.41) is 3.00. The molecular formula is C22H26N4O. The molecule has 140 valence electrons. The number of nitrogens with one attached hydrogen (secondary N) is 2. The van der Waals surface area contributed by atoms with Crippen molar-refractivity contribution in [3.05, 3.63) is 59.9 Å². The van der Waals surface area contributed by atoms with E-state index in [4.69, 9.17) is 4.98 Å². The van der Waals surface area contributed by atoms with E-state index in [0.717, 1.165) is 54.9 Å². The van der Waals surface area contributed by atoms with Gasteiger partial charge in [-0.1, -0.05) is 31.2 Å². The van der Waals surface area contributed by atoms with Gasteiger partial charge in [-0.25, -0.2) is 4.98 Å². The Morgan fingerprint density at radius 3 is 2.59 bits per heavy atom. The number of hydrogen-bond donors (Lipinski definition) is 2. The highest BCUT2D eigenvalue weighted by Crippen LogP contribution is 2.27. The van der Waals surface area contributed by atoms with Crippen LogP contribution in [0.15, 0.2) is 48.5 Å². The number of nitrogens with zero attached hydrogens (tertiary/aromatic N) is 2. The minimum atomic E-state index is 0.0569. The molecule has 0 bridgehead atoms. The number of anilines is 1. The van der Waals surface area contributed by atoms with E-state index in [0.29, 0.717) is 12.5 Å². The van der Waals surface area contributed by atoms with Crippen molar-refractivity contribution in [2.75, 3.05) is 25.0 Å². The van der Waals surface area contributed by atoms with Crippen LogP contribution in [0.3, 0.4) is 0 Å².